The average molecular weight is 345 g/mol. The van der Waals surface area contributed by atoms with E-state index in [1.165, 1.54) is 12.8 Å². The number of anilines is 1. The molecule has 0 unspecified atom stereocenters. The first-order valence-corrected chi connectivity index (χ1v) is 9.18. The van der Waals surface area contributed by atoms with E-state index in [0.29, 0.717) is 11.7 Å². The average Bonchev–Trinajstić information content (AvgIpc) is 2.74. The largest absolute Gasteiger partial charge is 0.370 e. The molecule has 26 heavy (non-hydrogen) atoms. The van der Waals surface area contributed by atoms with Crippen LogP contribution in [0.1, 0.15) is 12.8 Å². The molecule has 132 valence electrons. The molecule has 3 heterocycles. The molecule has 1 aliphatic rings. The first kappa shape index (κ1) is 16.7. The van der Waals surface area contributed by atoms with Crippen molar-refractivity contribution >= 4 is 5.82 Å². The molecule has 4 rings (SSSR count). The molecule has 0 amide bonds. The fraction of sp³-hybridized carbons (Fsp3) is 0.286. The van der Waals surface area contributed by atoms with E-state index in [-0.39, 0.29) is 0 Å². The van der Waals surface area contributed by atoms with Crippen LogP contribution in [0.15, 0.2) is 60.9 Å². The van der Waals surface area contributed by atoms with Crippen molar-refractivity contribution in [3.8, 4) is 22.6 Å². The maximum atomic E-state index is 4.77. The van der Waals surface area contributed by atoms with E-state index in [1.54, 1.807) is 12.4 Å². The molecule has 1 fully saturated rings. The molecule has 0 bridgehead atoms. The third-order valence-electron chi connectivity index (χ3n) is 4.75. The molecule has 0 saturated carbocycles. The Hall–Kier alpha value is -2.79. The Morgan fingerprint density at radius 3 is 2.54 bits per heavy atom. The van der Waals surface area contributed by atoms with E-state index in [1.807, 2.05) is 36.4 Å². The minimum atomic E-state index is 0.688. The number of rotatable bonds is 5. The molecule has 0 radical (unpaired) electrons. The highest BCUT2D eigenvalue weighted by atomic mass is 15.0. The Kier molecular flexibility index (Phi) is 5.17. The van der Waals surface area contributed by atoms with Crippen LogP contribution in [0.3, 0.4) is 0 Å². The van der Waals surface area contributed by atoms with Crippen molar-refractivity contribution in [1.29, 1.82) is 0 Å². The predicted molar refractivity (Wildman–Crippen MR) is 105 cm³/mol. The van der Waals surface area contributed by atoms with E-state index in [2.05, 4.69) is 27.8 Å². The van der Waals surface area contributed by atoms with Crippen molar-refractivity contribution in [2.45, 2.75) is 12.8 Å². The SMILES string of the molecule is c1ccc(-c2cc(NCC3CCNCC3)nc(-c3cccnc3)n2)cc1. The number of piperidine rings is 1. The minimum Gasteiger partial charge on any atom is -0.370 e. The molecular weight excluding hydrogens is 322 g/mol. The lowest BCUT2D eigenvalue weighted by molar-refractivity contribution is 0.389. The summed E-state index contributed by atoms with van der Waals surface area (Å²) in [5.74, 6) is 2.26. The molecule has 1 aromatic carbocycles. The molecule has 0 atom stereocenters. The van der Waals surface area contributed by atoms with Crippen molar-refractivity contribution in [2.24, 2.45) is 5.92 Å². The Morgan fingerprint density at radius 2 is 1.77 bits per heavy atom. The van der Waals surface area contributed by atoms with Gasteiger partial charge in [0.25, 0.3) is 0 Å². The summed E-state index contributed by atoms with van der Waals surface area (Å²) in [7, 11) is 0. The molecule has 5 nitrogen and oxygen atoms in total. The maximum Gasteiger partial charge on any atom is 0.163 e. The van der Waals surface area contributed by atoms with Gasteiger partial charge in [-0.05, 0) is 44.0 Å². The molecular formula is C21H23N5. The van der Waals surface area contributed by atoms with Crippen molar-refractivity contribution < 1.29 is 0 Å². The van der Waals surface area contributed by atoms with Gasteiger partial charge < -0.3 is 10.6 Å². The molecule has 5 heteroatoms. The number of nitrogens with one attached hydrogen (secondary N) is 2. The summed E-state index contributed by atoms with van der Waals surface area (Å²) < 4.78 is 0. The monoisotopic (exact) mass is 345 g/mol. The van der Waals surface area contributed by atoms with Crippen LogP contribution in [-0.2, 0) is 0 Å². The molecule has 0 spiro atoms. The van der Waals surface area contributed by atoms with Crippen LogP contribution in [-0.4, -0.2) is 34.6 Å². The summed E-state index contributed by atoms with van der Waals surface area (Å²) >= 11 is 0. The smallest absolute Gasteiger partial charge is 0.163 e. The molecule has 1 saturated heterocycles. The van der Waals surface area contributed by atoms with E-state index < -0.39 is 0 Å². The van der Waals surface area contributed by atoms with Crippen LogP contribution in [0.5, 0.6) is 0 Å². The lowest BCUT2D eigenvalue weighted by Gasteiger charge is -2.23. The summed E-state index contributed by atoms with van der Waals surface area (Å²) in [6.07, 6.45) is 5.99. The van der Waals surface area contributed by atoms with Crippen molar-refractivity contribution in [2.75, 3.05) is 25.0 Å². The van der Waals surface area contributed by atoms with Crippen LogP contribution in [0, 0.1) is 5.92 Å². The van der Waals surface area contributed by atoms with E-state index >= 15 is 0 Å². The molecule has 1 aliphatic heterocycles. The van der Waals surface area contributed by atoms with Crippen LogP contribution < -0.4 is 10.6 Å². The van der Waals surface area contributed by atoms with Gasteiger partial charge in [-0.2, -0.15) is 0 Å². The molecule has 2 aromatic heterocycles. The van der Waals surface area contributed by atoms with Gasteiger partial charge in [0.2, 0.25) is 0 Å². The zero-order valence-electron chi connectivity index (χ0n) is 14.7. The minimum absolute atomic E-state index is 0.688. The quantitative estimate of drug-likeness (QED) is 0.739. The number of aromatic nitrogens is 3. The topological polar surface area (TPSA) is 62.7 Å². The number of hydrogen-bond acceptors (Lipinski definition) is 5. The number of hydrogen-bond donors (Lipinski definition) is 2. The maximum absolute atomic E-state index is 4.77. The van der Waals surface area contributed by atoms with Gasteiger partial charge >= 0.3 is 0 Å². The van der Waals surface area contributed by atoms with E-state index in [9.17, 15) is 0 Å². The second kappa shape index (κ2) is 8.06. The van der Waals surface area contributed by atoms with E-state index in [0.717, 1.165) is 42.3 Å². The Bertz CT molecular complexity index is 772. The Labute approximate surface area is 153 Å². The standard InChI is InChI=1S/C21H23N5/c1-2-5-17(6-3-1)19-13-20(24-14-16-8-11-22-12-9-16)26-21(25-19)18-7-4-10-23-15-18/h1-7,10,13,15-16,22H,8-9,11-12,14H2,(H,24,25,26). The third kappa shape index (κ3) is 4.06. The van der Waals surface area contributed by atoms with Crippen LogP contribution in [0.4, 0.5) is 5.82 Å². The van der Waals surface area contributed by atoms with Gasteiger partial charge in [0, 0.05) is 36.1 Å². The highest BCUT2D eigenvalue weighted by Crippen LogP contribution is 2.24. The van der Waals surface area contributed by atoms with Gasteiger partial charge in [0.05, 0.1) is 5.69 Å². The van der Waals surface area contributed by atoms with Crippen LogP contribution in [0.2, 0.25) is 0 Å². The van der Waals surface area contributed by atoms with Crippen LogP contribution in [0.25, 0.3) is 22.6 Å². The fourth-order valence-electron chi connectivity index (χ4n) is 3.25. The summed E-state index contributed by atoms with van der Waals surface area (Å²) in [6, 6.07) is 16.2. The van der Waals surface area contributed by atoms with E-state index in [4.69, 9.17) is 9.97 Å². The number of nitrogens with zero attached hydrogens (tertiary/aromatic N) is 3. The third-order valence-corrected chi connectivity index (χ3v) is 4.75. The highest BCUT2D eigenvalue weighted by molar-refractivity contribution is 5.67. The summed E-state index contributed by atoms with van der Waals surface area (Å²) in [5.41, 5.74) is 2.94. The fourth-order valence-corrected chi connectivity index (χ4v) is 3.25. The Morgan fingerprint density at radius 1 is 0.962 bits per heavy atom. The van der Waals surface area contributed by atoms with Gasteiger partial charge in [0.15, 0.2) is 5.82 Å². The predicted octanol–water partition coefficient (Wildman–Crippen LogP) is 3.62. The molecule has 0 aliphatic carbocycles. The van der Waals surface area contributed by atoms with Gasteiger partial charge in [-0.1, -0.05) is 30.3 Å². The summed E-state index contributed by atoms with van der Waals surface area (Å²) in [6.45, 7) is 3.15. The second-order valence-corrected chi connectivity index (χ2v) is 6.64. The number of pyridine rings is 1. The van der Waals surface area contributed by atoms with Crippen molar-refractivity contribution in [3.63, 3.8) is 0 Å². The number of benzene rings is 1. The zero-order chi connectivity index (χ0) is 17.6. The summed E-state index contributed by atoms with van der Waals surface area (Å²) in [5, 5.41) is 6.95. The second-order valence-electron chi connectivity index (χ2n) is 6.64. The van der Waals surface area contributed by atoms with Gasteiger partial charge in [-0.25, -0.2) is 9.97 Å². The lowest BCUT2D eigenvalue weighted by Crippen LogP contribution is -2.31. The van der Waals surface area contributed by atoms with Crippen LogP contribution >= 0.6 is 0 Å². The normalized spacial score (nSPS) is 14.9. The molecule has 2 N–H and O–H groups in total. The van der Waals surface area contributed by atoms with Gasteiger partial charge in [-0.15, -0.1) is 0 Å². The van der Waals surface area contributed by atoms with Gasteiger partial charge in [0.1, 0.15) is 5.82 Å². The van der Waals surface area contributed by atoms with Crippen molar-refractivity contribution in [1.82, 2.24) is 20.3 Å². The van der Waals surface area contributed by atoms with Gasteiger partial charge in [-0.3, -0.25) is 4.98 Å². The highest BCUT2D eigenvalue weighted by Gasteiger charge is 2.14. The first-order chi connectivity index (χ1) is 12.9. The van der Waals surface area contributed by atoms with Crippen molar-refractivity contribution in [3.05, 3.63) is 60.9 Å². The summed E-state index contributed by atoms with van der Waals surface area (Å²) in [4.78, 5) is 13.7. The molecule has 3 aromatic rings. The first-order valence-electron chi connectivity index (χ1n) is 9.18. The lowest BCUT2D eigenvalue weighted by atomic mass is 9.98. The zero-order valence-corrected chi connectivity index (χ0v) is 14.7. The Balaban J connectivity index is 1.64.